The Morgan fingerprint density at radius 3 is 2.68 bits per heavy atom. The van der Waals surface area contributed by atoms with Crippen LogP contribution in [0, 0.1) is 19.7 Å². The number of benzene rings is 1. The number of carbonyl (C=O) groups excluding carboxylic acids is 1. The maximum atomic E-state index is 13.4. The first kappa shape index (κ1) is 14.7. The van der Waals surface area contributed by atoms with Crippen LogP contribution in [0.25, 0.3) is 0 Å². The van der Waals surface area contributed by atoms with Gasteiger partial charge in [0.1, 0.15) is 10.7 Å². The van der Waals surface area contributed by atoms with E-state index >= 15 is 0 Å². The molecule has 8 heteroatoms. The molecule has 22 heavy (non-hydrogen) atoms. The summed E-state index contributed by atoms with van der Waals surface area (Å²) in [4.78, 5) is 12.0. The monoisotopic (exact) mass is 323 g/mol. The smallest absolute Gasteiger partial charge is 0.268 e. The zero-order valence-corrected chi connectivity index (χ0v) is 12.9. The second kappa shape index (κ2) is 4.91. The second-order valence-electron chi connectivity index (χ2n) is 5.17. The van der Waals surface area contributed by atoms with Crippen molar-refractivity contribution in [2.45, 2.75) is 25.2 Å². The molecule has 0 saturated heterocycles. The lowest BCUT2D eigenvalue weighted by Gasteiger charge is -2.29. The molecule has 0 saturated carbocycles. The highest BCUT2D eigenvalue weighted by Crippen LogP contribution is 2.33. The summed E-state index contributed by atoms with van der Waals surface area (Å²) < 4.78 is 40.3. The Labute approximate surface area is 127 Å². The number of hydrogen-bond donors (Lipinski definition) is 1. The number of Topliss-reactive ketones (excluding diaryl/α,β-unsaturated/α-hetero) is 1. The molecule has 0 radical (unpaired) electrons. The summed E-state index contributed by atoms with van der Waals surface area (Å²) in [6.45, 7) is 3.24. The Balaban J connectivity index is 2.18. The summed E-state index contributed by atoms with van der Waals surface area (Å²) in [6, 6.07) is 3.55. The van der Waals surface area contributed by atoms with Gasteiger partial charge in [-0.15, -0.1) is 0 Å². The van der Waals surface area contributed by atoms with Gasteiger partial charge in [-0.05, 0) is 32.0 Å². The third-order valence-corrected chi connectivity index (χ3v) is 5.76. The summed E-state index contributed by atoms with van der Waals surface area (Å²) in [6.07, 6.45) is 0.0195. The second-order valence-corrected chi connectivity index (χ2v) is 6.97. The molecule has 0 bridgehead atoms. The third-order valence-electron chi connectivity index (χ3n) is 3.68. The van der Waals surface area contributed by atoms with Crippen LogP contribution in [0.3, 0.4) is 0 Å². The minimum absolute atomic E-state index is 0.0195. The van der Waals surface area contributed by atoms with E-state index in [2.05, 4.69) is 10.2 Å². The van der Waals surface area contributed by atoms with Gasteiger partial charge >= 0.3 is 0 Å². The number of nitrogens with one attached hydrogen (secondary N) is 1. The van der Waals surface area contributed by atoms with E-state index in [-0.39, 0.29) is 34.9 Å². The van der Waals surface area contributed by atoms with Crippen molar-refractivity contribution in [3.63, 3.8) is 0 Å². The van der Waals surface area contributed by atoms with Crippen LogP contribution in [0.5, 0.6) is 0 Å². The lowest BCUT2D eigenvalue weighted by atomic mass is 10.0. The molecule has 6 nitrogen and oxygen atoms in total. The van der Waals surface area contributed by atoms with Crippen LogP contribution in [0.1, 0.15) is 28.2 Å². The molecule has 1 N–H and O–H groups in total. The number of ketones is 1. The van der Waals surface area contributed by atoms with Gasteiger partial charge in [-0.3, -0.25) is 14.2 Å². The van der Waals surface area contributed by atoms with E-state index in [1.54, 1.807) is 13.8 Å². The van der Waals surface area contributed by atoms with Gasteiger partial charge in [-0.1, -0.05) is 0 Å². The van der Waals surface area contributed by atoms with Crippen LogP contribution < -0.4 is 4.31 Å². The van der Waals surface area contributed by atoms with E-state index in [1.807, 2.05) is 0 Å². The Hall–Kier alpha value is -2.22. The van der Waals surface area contributed by atoms with E-state index < -0.39 is 15.8 Å². The van der Waals surface area contributed by atoms with Crippen molar-refractivity contribution in [1.82, 2.24) is 10.2 Å². The number of carbonyl (C=O) groups is 1. The van der Waals surface area contributed by atoms with Crippen LogP contribution in [0.2, 0.25) is 0 Å². The maximum Gasteiger partial charge on any atom is 0.268 e. The molecule has 0 spiro atoms. The van der Waals surface area contributed by atoms with Crippen molar-refractivity contribution in [3.8, 4) is 0 Å². The Kier molecular flexibility index (Phi) is 3.28. The standard InChI is InChI=1S/C14H14FN3O3S/c1-8-14(9(2)17-16-8)22(20,21)18-6-5-13(19)11-7-10(15)3-4-12(11)18/h3-4,7H,5-6H2,1-2H3,(H,16,17). The number of aromatic amines is 1. The van der Waals surface area contributed by atoms with Crippen molar-refractivity contribution in [2.75, 3.05) is 10.8 Å². The van der Waals surface area contributed by atoms with Crippen LogP contribution >= 0.6 is 0 Å². The van der Waals surface area contributed by atoms with Crippen molar-refractivity contribution < 1.29 is 17.6 Å². The van der Waals surface area contributed by atoms with Gasteiger partial charge in [0, 0.05) is 18.5 Å². The van der Waals surface area contributed by atoms with E-state index in [9.17, 15) is 17.6 Å². The molecule has 116 valence electrons. The molecular formula is C14H14FN3O3S. The topological polar surface area (TPSA) is 83.1 Å². The van der Waals surface area contributed by atoms with E-state index in [0.717, 1.165) is 16.4 Å². The minimum atomic E-state index is -3.86. The molecule has 3 rings (SSSR count). The number of sulfonamides is 1. The molecule has 0 amide bonds. The van der Waals surface area contributed by atoms with Gasteiger partial charge in [-0.2, -0.15) is 5.10 Å². The summed E-state index contributed by atoms with van der Waals surface area (Å²) in [5.41, 5.74) is 1.09. The van der Waals surface area contributed by atoms with E-state index in [1.165, 1.54) is 6.07 Å². The third kappa shape index (κ3) is 2.10. The highest BCUT2D eigenvalue weighted by atomic mass is 32.2. The van der Waals surface area contributed by atoms with Crippen molar-refractivity contribution in [1.29, 1.82) is 0 Å². The van der Waals surface area contributed by atoms with Crippen molar-refractivity contribution in [2.24, 2.45) is 0 Å². The molecular weight excluding hydrogens is 309 g/mol. The number of halogens is 1. The largest absolute Gasteiger partial charge is 0.294 e. The number of nitrogens with zero attached hydrogens (tertiary/aromatic N) is 2. The fraction of sp³-hybridized carbons (Fsp3) is 0.286. The Morgan fingerprint density at radius 2 is 2.05 bits per heavy atom. The lowest BCUT2D eigenvalue weighted by Crippen LogP contribution is -2.37. The van der Waals surface area contributed by atoms with Crippen molar-refractivity contribution in [3.05, 3.63) is 41.0 Å². The van der Waals surface area contributed by atoms with Crippen LogP contribution in [-0.2, 0) is 10.0 Å². The first-order valence-corrected chi connectivity index (χ1v) is 8.13. The molecule has 1 aliphatic rings. The average Bonchev–Trinajstić information content (AvgIpc) is 2.79. The van der Waals surface area contributed by atoms with Gasteiger partial charge < -0.3 is 0 Å². The SMILES string of the molecule is Cc1n[nH]c(C)c1S(=O)(=O)N1CCC(=O)c2cc(F)ccc21. The maximum absolute atomic E-state index is 13.4. The molecule has 0 atom stereocenters. The molecule has 1 aliphatic heterocycles. The number of aryl methyl sites for hydroxylation is 2. The van der Waals surface area contributed by atoms with Crippen molar-refractivity contribution >= 4 is 21.5 Å². The molecule has 0 aliphatic carbocycles. The number of fused-ring (bicyclic) bond motifs is 1. The number of H-pyrrole nitrogens is 1. The molecule has 0 unspecified atom stereocenters. The fourth-order valence-electron chi connectivity index (χ4n) is 2.69. The number of hydrogen-bond acceptors (Lipinski definition) is 4. The summed E-state index contributed by atoms with van der Waals surface area (Å²) in [5.74, 6) is -0.830. The quantitative estimate of drug-likeness (QED) is 0.915. The summed E-state index contributed by atoms with van der Waals surface area (Å²) >= 11 is 0. The Morgan fingerprint density at radius 1 is 1.32 bits per heavy atom. The average molecular weight is 323 g/mol. The summed E-state index contributed by atoms with van der Waals surface area (Å²) in [5, 5.41) is 6.55. The fourth-order valence-corrected chi connectivity index (χ4v) is 4.51. The van der Waals surface area contributed by atoms with Gasteiger partial charge in [0.05, 0.1) is 17.1 Å². The Bertz CT molecular complexity index is 854. The van der Waals surface area contributed by atoms with Gasteiger partial charge in [0.2, 0.25) is 0 Å². The number of anilines is 1. The zero-order valence-electron chi connectivity index (χ0n) is 12.1. The first-order valence-electron chi connectivity index (χ1n) is 6.69. The molecule has 1 aromatic heterocycles. The highest BCUT2D eigenvalue weighted by molar-refractivity contribution is 7.93. The zero-order chi connectivity index (χ0) is 16.1. The van der Waals surface area contributed by atoms with Gasteiger partial charge in [0.25, 0.3) is 10.0 Å². The predicted octanol–water partition coefficient (Wildman–Crippen LogP) is 1.95. The van der Waals surface area contributed by atoms with Crippen LogP contribution in [-0.4, -0.2) is 30.9 Å². The summed E-state index contributed by atoms with van der Waals surface area (Å²) in [7, 11) is -3.86. The number of aromatic nitrogens is 2. The van der Waals surface area contributed by atoms with E-state index in [4.69, 9.17) is 0 Å². The molecule has 2 heterocycles. The molecule has 0 fully saturated rings. The number of rotatable bonds is 2. The van der Waals surface area contributed by atoms with E-state index in [0.29, 0.717) is 11.4 Å². The normalized spacial score (nSPS) is 15.0. The lowest BCUT2D eigenvalue weighted by molar-refractivity contribution is 0.0981. The van der Waals surface area contributed by atoms with Gasteiger partial charge in [0.15, 0.2) is 5.78 Å². The van der Waals surface area contributed by atoms with Crippen LogP contribution in [0.4, 0.5) is 10.1 Å². The molecule has 2 aromatic rings. The van der Waals surface area contributed by atoms with Gasteiger partial charge in [-0.25, -0.2) is 12.8 Å². The van der Waals surface area contributed by atoms with Crippen LogP contribution in [0.15, 0.2) is 23.1 Å². The highest BCUT2D eigenvalue weighted by Gasteiger charge is 2.35. The predicted molar refractivity (Wildman–Crippen MR) is 77.9 cm³/mol. The first-order chi connectivity index (χ1) is 10.3. The minimum Gasteiger partial charge on any atom is -0.294 e. The molecule has 1 aromatic carbocycles.